The van der Waals surface area contributed by atoms with Crippen LogP contribution in [0.5, 0.6) is 11.5 Å². The van der Waals surface area contributed by atoms with Gasteiger partial charge in [-0.1, -0.05) is 24.6 Å². The maximum Gasteiger partial charge on any atom is 0.233 e. The van der Waals surface area contributed by atoms with Crippen LogP contribution >= 0.6 is 11.8 Å². The van der Waals surface area contributed by atoms with Crippen LogP contribution in [0.2, 0.25) is 0 Å². The van der Waals surface area contributed by atoms with E-state index < -0.39 is 0 Å². The van der Waals surface area contributed by atoms with Crippen LogP contribution < -0.4 is 14.8 Å². The van der Waals surface area contributed by atoms with Crippen molar-refractivity contribution in [3.63, 3.8) is 0 Å². The summed E-state index contributed by atoms with van der Waals surface area (Å²) < 4.78 is 10.6. The van der Waals surface area contributed by atoms with Crippen LogP contribution in [0.25, 0.3) is 11.4 Å². The van der Waals surface area contributed by atoms with Crippen molar-refractivity contribution < 1.29 is 14.3 Å². The smallest absolute Gasteiger partial charge is 0.233 e. The molecule has 1 fully saturated rings. The number of hydrogen-bond acceptors (Lipinski definition) is 6. The largest absolute Gasteiger partial charge is 0.497 e. The lowest BCUT2D eigenvalue weighted by atomic mass is 10.2. The summed E-state index contributed by atoms with van der Waals surface area (Å²) in [4.78, 5) is 16.8. The molecule has 1 aliphatic carbocycles. The first kappa shape index (κ1) is 18.6. The molecule has 0 saturated heterocycles. The number of amides is 1. The van der Waals surface area contributed by atoms with Crippen LogP contribution in [0.1, 0.15) is 32.6 Å². The van der Waals surface area contributed by atoms with Crippen LogP contribution in [0.4, 0.5) is 0 Å². The molecule has 1 aliphatic rings. The highest BCUT2D eigenvalue weighted by atomic mass is 32.2. The van der Waals surface area contributed by atoms with Gasteiger partial charge >= 0.3 is 0 Å². The molecule has 1 amide bonds. The molecule has 1 atom stereocenters. The van der Waals surface area contributed by atoms with E-state index in [1.807, 2.05) is 19.1 Å². The molecule has 0 aliphatic heterocycles. The normalized spacial score (nSPS) is 15.7. The van der Waals surface area contributed by atoms with Gasteiger partial charge in [-0.3, -0.25) is 9.89 Å². The van der Waals surface area contributed by atoms with Crippen LogP contribution in [0, 0.1) is 0 Å². The Bertz CT molecular complexity index is 759. The zero-order valence-electron chi connectivity index (χ0n) is 15.2. The highest BCUT2D eigenvalue weighted by Crippen LogP contribution is 2.32. The topological polar surface area (TPSA) is 89.1 Å². The molecular formula is C18H24N4O3S. The Morgan fingerprint density at radius 2 is 2.08 bits per heavy atom. The second kappa shape index (κ2) is 8.44. The number of aromatic nitrogens is 3. The second-order valence-corrected chi connectivity index (χ2v) is 7.59. The van der Waals surface area contributed by atoms with Gasteiger partial charge < -0.3 is 14.8 Å². The average molecular weight is 376 g/mol. The lowest BCUT2D eigenvalue weighted by Gasteiger charge is -2.15. The van der Waals surface area contributed by atoms with E-state index in [1.54, 1.807) is 20.3 Å². The molecule has 7 nitrogen and oxygen atoms in total. The van der Waals surface area contributed by atoms with E-state index in [1.165, 1.54) is 24.6 Å². The zero-order valence-corrected chi connectivity index (χ0v) is 16.1. The molecule has 2 aromatic rings. The third-order valence-electron chi connectivity index (χ3n) is 4.48. The summed E-state index contributed by atoms with van der Waals surface area (Å²) >= 11 is 1.34. The summed E-state index contributed by atoms with van der Waals surface area (Å²) in [6, 6.07) is 5.81. The average Bonchev–Trinajstić information content (AvgIpc) is 3.33. The molecule has 1 heterocycles. The van der Waals surface area contributed by atoms with E-state index in [0.29, 0.717) is 28.5 Å². The first-order valence-electron chi connectivity index (χ1n) is 8.72. The van der Waals surface area contributed by atoms with Gasteiger partial charge in [0.05, 0.1) is 25.0 Å². The molecule has 26 heavy (non-hydrogen) atoms. The maximum atomic E-state index is 12.3. The number of aromatic amines is 1. The Kier molecular flexibility index (Phi) is 6.03. The monoisotopic (exact) mass is 376 g/mol. The van der Waals surface area contributed by atoms with Gasteiger partial charge in [0.2, 0.25) is 11.1 Å². The summed E-state index contributed by atoms with van der Waals surface area (Å²) in [6.45, 7) is 1.87. The van der Waals surface area contributed by atoms with Crippen LogP contribution in [0.15, 0.2) is 23.4 Å². The number of methoxy groups -OCH3 is 2. The quantitative estimate of drug-likeness (QED) is 0.722. The third-order valence-corrected chi connectivity index (χ3v) is 5.44. The molecule has 140 valence electrons. The van der Waals surface area contributed by atoms with Crippen molar-refractivity contribution >= 4 is 17.7 Å². The summed E-state index contributed by atoms with van der Waals surface area (Å²) in [7, 11) is 3.20. The third kappa shape index (κ3) is 4.30. The Balaban J connectivity index is 1.66. The number of carbonyl (C=O) groups excluding carboxylic acids is 1. The van der Waals surface area contributed by atoms with Crippen molar-refractivity contribution in [2.75, 3.05) is 14.2 Å². The van der Waals surface area contributed by atoms with Crippen molar-refractivity contribution in [1.82, 2.24) is 20.5 Å². The van der Waals surface area contributed by atoms with Gasteiger partial charge in [-0.2, -0.15) is 0 Å². The molecule has 1 aromatic carbocycles. The predicted octanol–water partition coefficient (Wildman–Crippen LogP) is 3.03. The van der Waals surface area contributed by atoms with Gasteiger partial charge in [-0.25, -0.2) is 4.98 Å². The standard InChI is InChI=1S/C18H24N4O3S/c1-11(17(23)19-12-6-4-5-7-12)26-18-20-16(21-22-18)14-9-8-13(24-2)10-15(14)25-3/h8-12H,4-7H2,1-3H3,(H,19,23)(H,20,21,22)/t11-/m0/s1. The van der Waals surface area contributed by atoms with E-state index in [9.17, 15) is 4.79 Å². The van der Waals surface area contributed by atoms with Crippen LogP contribution in [-0.2, 0) is 4.79 Å². The fourth-order valence-electron chi connectivity index (χ4n) is 3.01. The molecule has 8 heteroatoms. The Morgan fingerprint density at radius 1 is 1.31 bits per heavy atom. The molecule has 0 unspecified atom stereocenters. The summed E-state index contributed by atoms with van der Waals surface area (Å²) in [6.07, 6.45) is 4.54. The summed E-state index contributed by atoms with van der Waals surface area (Å²) in [5.74, 6) is 1.98. The minimum atomic E-state index is -0.253. The van der Waals surface area contributed by atoms with Crippen molar-refractivity contribution in [1.29, 1.82) is 0 Å². The maximum absolute atomic E-state index is 12.3. The summed E-state index contributed by atoms with van der Waals surface area (Å²) in [5, 5.41) is 10.5. The number of benzene rings is 1. The Morgan fingerprint density at radius 3 is 2.77 bits per heavy atom. The van der Waals surface area contributed by atoms with Crippen molar-refractivity contribution in [3.8, 4) is 22.9 Å². The Labute approximate surface area is 157 Å². The van der Waals surface area contributed by atoms with Gasteiger partial charge in [-0.15, -0.1) is 5.10 Å². The highest BCUT2D eigenvalue weighted by Gasteiger charge is 2.22. The first-order valence-corrected chi connectivity index (χ1v) is 9.60. The molecular weight excluding hydrogens is 352 g/mol. The number of H-pyrrole nitrogens is 1. The Hall–Kier alpha value is -2.22. The van der Waals surface area contributed by atoms with E-state index in [-0.39, 0.29) is 11.2 Å². The fourth-order valence-corrected chi connectivity index (χ4v) is 3.75. The number of rotatable bonds is 7. The minimum Gasteiger partial charge on any atom is -0.497 e. The number of carbonyl (C=O) groups is 1. The molecule has 1 saturated carbocycles. The number of nitrogens with one attached hydrogen (secondary N) is 2. The lowest BCUT2D eigenvalue weighted by molar-refractivity contribution is -0.120. The van der Waals surface area contributed by atoms with Gasteiger partial charge in [0.1, 0.15) is 11.5 Å². The van der Waals surface area contributed by atoms with Crippen LogP contribution in [0.3, 0.4) is 0 Å². The zero-order chi connectivity index (χ0) is 18.5. The van der Waals surface area contributed by atoms with E-state index in [2.05, 4.69) is 20.5 Å². The first-order chi connectivity index (χ1) is 12.6. The van der Waals surface area contributed by atoms with E-state index in [4.69, 9.17) is 9.47 Å². The molecule has 1 aromatic heterocycles. The lowest BCUT2D eigenvalue weighted by Crippen LogP contribution is -2.37. The molecule has 0 spiro atoms. The van der Waals surface area contributed by atoms with Gasteiger partial charge in [-0.05, 0) is 31.9 Å². The van der Waals surface area contributed by atoms with Gasteiger partial charge in [0.15, 0.2) is 5.82 Å². The second-order valence-electron chi connectivity index (χ2n) is 6.28. The molecule has 2 N–H and O–H groups in total. The number of thioether (sulfide) groups is 1. The minimum absolute atomic E-state index is 0.0373. The van der Waals surface area contributed by atoms with Crippen molar-refractivity contribution in [2.24, 2.45) is 0 Å². The van der Waals surface area contributed by atoms with Gasteiger partial charge in [0, 0.05) is 12.1 Å². The highest BCUT2D eigenvalue weighted by molar-refractivity contribution is 8.00. The summed E-state index contributed by atoms with van der Waals surface area (Å²) in [5.41, 5.74) is 0.788. The number of hydrogen-bond donors (Lipinski definition) is 2. The predicted molar refractivity (Wildman–Crippen MR) is 101 cm³/mol. The number of nitrogens with zero attached hydrogens (tertiary/aromatic N) is 2. The van der Waals surface area contributed by atoms with Gasteiger partial charge in [0.25, 0.3) is 0 Å². The van der Waals surface area contributed by atoms with Crippen molar-refractivity contribution in [2.45, 2.75) is 49.1 Å². The SMILES string of the molecule is COc1ccc(-c2nc(S[C@@H](C)C(=O)NC3CCCC3)n[nH]2)c(OC)c1. The molecule has 3 rings (SSSR count). The van der Waals surface area contributed by atoms with Crippen molar-refractivity contribution in [3.05, 3.63) is 18.2 Å². The van der Waals surface area contributed by atoms with E-state index in [0.717, 1.165) is 18.4 Å². The fraction of sp³-hybridized carbons (Fsp3) is 0.500. The number of ether oxygens (including phenoxy) is 2. The van der Waals surface area contributed by atoms with Crippen LogP contribution in [-0.4, -0.2) is 46.6 Å². The molecule has 0 radical (unpaired) electrons. The van der Waals surface area contributed by atoms with E-state index >= 15 is 0 Å². The molecule has 0 bridgehead atoms.